The minimum atomic E-state index is -0.268. The molecule has 3 N–H and O–H groups in total. The lowest BCUT2D eigenvalue weighted by Gasteiger charge is -2.21. The van der Waals surface area contributed by atoms with Gasteiger partial charge >= 0.3 is 0 Å². The van der Waals surface area contributed by atoms with Crippen LogP contribution in [0.15, 0.2) is 18.2 Å². The Morgan fingerprint density at radius 3 is 2.48 bits per heavy atom. The Balaban J connectivity index is 2.30. The van der Waals surface area contributed by atoms with Crippen LogP contribution >= 0.6 is 11.7 Å². The molecule has 2 aromatic rings. The first kappa shape index (κ1) is 17.0. The molecule has 0 atom stereocenters. The number of aromatic nitrogens is 2. The first-order valence-electron chi connectivity index (χ1n) is 7.10. The molecular formula is C15H21N5O2S. The summed E-state index contributed by atoms with van der Waals surface area (Å²) in [6.45, 7) is 6.05. The van der Waals surface area contributed by atoms with Gasteiger partial charge in [0.2, 0.25) is 0 Å². The van der Waals surface area contributed by atoms with Crippen molar-refractivity contribution in [3.05, 3.63) is 23.8 Å². The number of hydrogen-bond acceptors (Lipinski definition) is 7. The van der Waals surface area contributed by atoms with E-state index in [1.807, 2.05) is 20.8 Å². The van der Waals surface area contributed by atoms with Gasteiger partial charge in [-0.2, -0.15) is 8.75 Å². The SMILES string of the molecule is CN(C)C(=O)c1cccc(Nc2nsnc2NC(C)(C)C)c1O. The van der Waals surface area contributed by atoms with Crippen molar-refractivity contribution < 1.29 is 9.90 Å². The van der Waals surface area contributed by atoms with Crippen LogP contribution in [-0.4, -0.2) is 44.3 Å². The van der Waals surface area contributed by atoms with E-state index in [1.54, 1.807) is 32.3 Å². The number of phenols is 1. The van der Waals surface area contributed by atoms with Gasteiger partial charge in [-0.3, -0.25) is 4.79 Å². The van der Waals surface area contributed by atoms with Gasteiger partial charge in [-0.05, 0) is 32.9 Å². The Morgan fingerprint density at radius 1 is 1.22 bits per heavy atom. The number of para-hydroxylation sites is 1. The summed E-state index contributed by atoms with van der Waals surface area (Å²) in [6.07, 6.45) is 0. The summed E-state index contributed by atoms with van der Waals surface area (Å²) in [5, 5.41) is 16.6. The van der Waals surface area contributed by atoms with E-state index in [0.717, 1.165) is 11.7 Å². The van der Waals surface area contributed by atoms with E-state index in [-0.39, 0.29) is 22.8 Å². The van der Waals surface area contributed by atoms with Crippen LogP contribution < -0.4 is 10.6 Å². The first-order valence-corrected chi connectivity index (χ1v) is 7.83. The summed E-state index contributed by atoms with van der Waals surface area (Å²) in [5.41, 5.74) is 0.465. The van der Waals surface area contributed by atoms with E-state index < -0.39 is 0 Å². The van der Waals surface area contributed by atoms with Gasteiger partial charge in [0, 0.05) is 19.6 Å². The Morgan fingerprint density at radius 2 is 1.87 bits per heavy atom. The molecule has 0 fully saturated rings. The van der Waals surface area contributed by atoms with Crippen molar-refractivity contribution >= 4 is 35.0 Å². The Kier molecular flexibility index (Phi) is 4.74. The summed E-state index contributed by atoms with van der Waals surface area (Å²) in [6, 6.07) is 4.97. The van der Waals surface area contributed by atoms with Crippen LogP contribution in [-0.2, 0) is 0 Å². The summed E-state index contributed by atoms with van der Waals surface area (Å²) < 4.78 is 8.41. The molecule has 0 aliphatic rings. The van der Waals surface area contributed by atoms with Gasteiger partial charge < -0.3 is 20.6 Å². The molecule has 0 aliphatic carbocycles. The van der Waals surface area contributed by atoms with Crippen LogP contribution in [0.25, 0.3) is 0 Å². The van der Waals surface area contributed by atoms with Crippen molar-refractivity contribution in [2.24, 2.45) is 0 Å². The standard InChI is InChI=1S/C15H21N5O2S/c1-15(2,3)17-13-12(18-23-19-13)16-10-8-6-7-9(11(10)21)14(22)20(4)5/h6-8,21H,1-5H3,(H,16,18)(H,17,19). The van der Waals surface area contributed by atoms with Gasteiger partial charge in [-0.25, -0.2) is 0 Å². The number of amides is 1. The quantitative estimate of drug-likeness (QED) is 0.744. The zero-order valence-corrected chi connectivity index (χ0v) is 14.7. The van der Waals surface area contributed by atoms with Gasteiger partial charge in [0.1, 0.15) is 0 Å². The van der Waals surface area contributed by atoms with E-state index in [2.05, 4.69) is 19.4 Å². The Bertz CT molecular complexity index is 706. The number of rotatable bonds is 4. The van der Waals surface area contributed by atoms with Crippen LogP contribution in [0, 0.1) is 0 Å². The molecular weight excluding hydrogens is 314 g/mol. The van der Waals surface area contributed by atoms with Crippen LogP contribution in [0.4, 0.5) is 17.3 Å². The highest BCUT2D eigenvalue weighted by Gasteiger charge is 2.19. The fraction of sp³-hybridized carbons (Fsp3) is 0.400. The highest BCUT2D eigenvalue weighted by atomic mass is 32.1. The average molecular weight is 335 g/mol. The molecule has 0 spiro atoms. The van der Waals surface area contributed by atoms with Crippen molar-refractivity contribution in [3.63, 3.8) is 0 Å². The van der Waals surface area contributed by atoms with Gasteiger partial charge in [0.15, 0.2) is 17.4 Å². The largest absolute Gasteiger partial charge is 0.505 e. The van der Waals surface area contributed by atoms with E-state index in [0.29, 0.717) is 17.3 Å². The number of aromatic hydroxyl groups is 1. The summed E-state index contributed by atoms with van der Waals surface area (Å²) >= 11 is 1.07. The lowest BCUT2D eigenvalue weighted by atomic mass is 10.1. The molecule has 0 bridgehead atoms. The molecule has 1 aromatic heterocycles. The average Bonchev–Trinajstić information content (AvgIpc) is 2.85. The number of hydrogen-bond donors (Lipinski definition) is 3. The van der Waals surface area contributed by atoms with Gasteiger partial charge in [-0.1, -0.05) is 6.07 Å². The molecule has 0 saturated heterocycles. The number of anilines is 3. The monoisotopic (exact) mass is 335 g/mol. The third kappa shape index (κ3) is 4.10. The molecule has 124 valence electrons. The predicted molar refractivity (Wildman–Crippen MR) is 92.7 cm³/mol. The van der Waals surface area contributed by atoms with Crippen molar-refractivity contribution in [1.82, 2.24) is 13.6 Å². The summed E-state index contributed by atoms with van der Waals surface area (Å²) in [5.74, 6) is 0.734. The van der Waals surface area contributed by atoms with E-state index in [1.165, 1.54) is 4.90 Å². The van der Waals surface area contributed by atoms with Crippen LogP contribution in [0.1, 0.15) is 31.1 Å². The molecule has 0 aliphatic heterocycles. The van der Waals surface area contributed by atoms with Crippen LogP contribution in [0.2, 0.25) is 0 Å². The molecule has 0 saturated carbocycles. The number of carbonyl (C=O) groups excluding carboxylic acids is 1. The second-order valence-corrected chi connectivity index (χ2v) is 6.89. The lowest BCUT2D eigenvalue weighted by molar-refractivity contribution is 0.0824. The van der Waals surface area contributed by atoms with Crippen molar-refractivity contribution in [2.75, 3.05) is 24.7 Å². The molecule has 1 heterocycles. The minimum absolute atomic E-state index is 0.110. The highest BCUT2D eigenvalue weighted by molar-refractivity contribution is 6.99. The zero-order chi connectivity index (χ0) is 17.2. The van der Waals surface area contributed by atoms with E-state index in [9.17, 15) is 9.90 Å². The summed E-state index contributed by atoms with van der Waals surface area (Å²) in [4.78, 5) is 13.5. The van der Waals surface area contributed by atoms with Gasteiger partial charge in [0.05, 0.1) is 23.0 Å². The molecule has 0 unspecified atom stereocenters. The molecule has 7 nitrogen and oxygen atoms in total. The number of nitrogens with zero attached hydrogens (tertiary/aromatic N) is 3. The zero-order valence-electron chi connectivity index (χ0n) is 13.8. The topological polar surface area (TPSA) is 90.4 Å². The lowest BCUT2D eigenvalue weighted by Crippen LogP contribution is -2.26. The fourth-order valence-corrected chi connectivity index (χ4v) is 2.36. The maximum Gasteiger partial charge on any atom is 0.257 e. The van der Waals surface area contributed by atoms with Crippen LogP contribution in [0.3, 0.4) is 0 Å². The third-order valence-electron chi connectivity index (χ3n) is 2.91. The normalized spacial score (nSPS) is 11.2. The molecule has 1 amide bonds. The van der Waals surface area contributed by atoms with E-state index in [4.69, 9.17) is 0 Å². The smallest absolute Gasteiger partial charge is 0.257 e. The van der Waals surface area contributed by atoms with Gasteiger partial charge in [-0.15, -0.1) is 0 Å². The highest BCUT2D eigenvalue weighted by Crippen LogP contribution is 2.33. The number of phenolic OH excluding ortho intramolecular Hbond substituents is 1. The molecule has 2 rings (SSSR count). The van der Waals surface area contributed by atoms with E-state index >= 15 is 0 Å². The number of carbonyl (C=O) groups is 1. The second-order valence-electron chi connectivity index (χ2n) is 6.36. The number of nitrogens with one attached hydrogen (secondary N) is 2. The number of benzene rings is 1. The van der Waals surface area contributed by atoms with Crippen LogP contribution in [0.5, 0.6) is 5.75 Å². The Hall–Kier alpha value is -2.35. The predicted octanol–water partition coefficient (Wildman–Crippen LogP) is 2.90. The van der Waals surface area contributed by atoms with Crippen molar-refractivity contribution in [3.8, 4) is 5.75 Å². The summed E-state index contributed by atoms with van der Waals surface area (Å²) in [7, 11) is 3.27. The first-order chi connectivity index (χ1) is 10.7. The van der Waals surface area contributed by atoms with Crippen molar-refractivity contribution in [1.29, 1.82) is 0 Å². The van der Waals surface area contributed by atoms with Crippen molar-refractivity contribution in [2.45, 2.75) is 26.3 Å². The maximum atomic E-state index is 12.1. The minimum Gasteiger partial charge on any atom is -0.505 e. The van der Waals surface area contributed by atoms with Gasteiger partial charge in [0.25, 0.3) is 5.91 Å². The molecule has 0 radical (unpaired) electrons. The maximum absolute atomic E-state index is 12.1. The fourth-order valence-electron chi connectivity index (χ4n) is 1.89. The molecule has 1 aromatic carbocycles. The molecule has 8 heteroatoms. The molecule has 23 heavy (non-hydrogen) atoms. The Labute approximate surface area is 139 Å². The third-order valence-corrected chi connectivity index (χ3v) is 3.44. The second kappa shape index (κ2) is 6.41.